The molecule has 2 unspecified atom stereocenters. The lowest BCUT2D eigenvalue weighted by molar-refractivity contribution is -0.142. The molecule has 0 fully saturated rings. The number of nitrogens with zero attached hydrogens (tertiary/aromatic N) is 1. The number of aryl methyl sites for hydroxylation is 2. The summed E-state index contributed by atoms with van der Waals surface area (Å²) in [5, 5.41) is 25.2. The maximum Gasteiger partial charge on any atom is 0.408 e. The first kappa shape index (κ1) is 29.1. The number of ether oxygens (including phenoxy) is 1. The fourth-order valence-corrected chi connectivity index (χ4v) is 3.90. The van der Waals surface area contributed by atoms with E-state index in [2.05, 4.69) is 10.6 Å². The SMILES string of the molecule is Cc1ccccc1C(C(=O)Nc1c(C)cccc1Cl)N(CCO)C(=O)C(CO)NC(=O)OC(C)(C)C. The van der Waals surface area contributed by atoms with E-state index in [1.165, 1.54) is 0 Å². The summed E-state index contributed by atoms with van der Waals surface area (Å²) in [4.78, 5) is 40.7. The lowest BCUT2D eigenvalue weighted by Crippen LogP contribution is -2.54. The standard InChI is InChI=1S/C26H34ClN3O6/c1-16-9-6-7-11-18(16)22(23(33)29-21-17(2)10-8-12-19(21)27)30(13-14-31)24(34)20(15-32)28-25(35)36-26(3,4)5/h6-12,20,22,31-32H,13-15H2,1-5H3,(H,28,35)(H,29,33). The maximum atomic E-state index is 13.7. The predicted molar refractivity (Wildman–Crippen MR) is 138 cm³/mol. The molecule has 0 heterocycles. The van der Waals surface area contributed by atoms with Gasteiger partial charge in [0.25, 0.3) is 5.91 Å². The molecule has 10 heteroatoms. The Bertz CT molecular complexity index is 1070. The highest BCUT2D eigenvalue weighted by molar-refractivity contribution is 6.34. The van der Waals surface area contributed by atoms with Gasteiger partial charge in [0.05, 0.1) is 23.9 Å². The highest BCUT2D eigenvalue weighted by Crippen LogP contribution is 2.30. The molecule has 0 aliphatic carbocycles. The Morgan fingerprint density at radius 1 is 1.03 bits per heavy atom. The molecular formula is C26H34ClN3O6. The highest BCUT2D eigenvalue weighted by Gasteiger charge is 2.36. The van der Waals surface area contributed by atoms with Crippen molar-refractivity contribution >= 4 is 35.2 Å². The molecular weight excluding hydrogens is 486 g/mol. The molecule has 0 radical (unpaired) electrons. The van der Waals surface area contributed by atoms with E-state index in [1.54, 1.807) is 77.1 Å². The predicted octanol–water partition coefficient (Wildman–Crippen LogP) is 3.34. The summed E-state index contributed by atoms with van der Waals surface area (Å²) in [5.41, 5.74) is 1.53. The van der Waals surface area contributed by atoms with Crippen LogP contribution in [-0.4, -0.2) is 64.4 Å². The number of carbonyl (C=O) groups is 3. The van der Waals surface area contributed by atoms with Gasteiger partial charge in [-0.15, -0.1) is 0 Å². The number of rotatable bonds is 9. The number of carbonyl (C=O) groups excluding carboxylic acids is 3. The number of amides is 3. The molecule has 2 rings (SSSR count). The van der Waals surface area contributed by atoms with Crippen LogP contribution in [0.5, 0.6) is 0 Å². The van der Waals surface area contributed by atoms with Gasteiger partial charge in [0.15, 0.2) is 0 Å². The zero-order valence-electron chi connectivity index (χ0n) is 21.2. The lowest BCUT2D eigenvalue weighted by Gasteiger charge is -2.34. The van der Waals surface area contributed by atoms with Gasteiger partial charge in [0.1, 0.15) is 17.7 Å². The van der Waals surface area contributed by atoms with Crippen LogP contribution < -0.4 is 10.6 Å². The van der Waals surface area contributed by atoms with E-state index in [1.807, 2.05) is 0 Å². The molecule has 0 saturated carbocycles. The van der Waals surface area contributed by atoms with Gasteiger partial charge in [-0.2, -0.15) is 0 Å². The normalized spacial score (nSPS) is 12.9. The molecule has 2 atom stereocenters. The Morgan fingerprint density at radius 3 is 2.22 bits per heavy atom. The molecule has 0 aromatic heterocycles. The van der Waals surface area contributed by atoms with Gasteiger partial charge >= 0.3 is 6.09 Å². The average molecular weight is 520 g/mol. The van der Waals surface area contributed by atoms with E-state index in [-0.39, 0.29) is 6.54 Å². The molecule has 2 aromatic rings. The van der Waals surface area contributed by atoms with Crippen LogP contribution in [0.2, 0.25) is 5.02 Å². The minimum absolute atomic E-state index is 0.237. The second kappa shape index (κ2) is 12.7. The van der Waals surface area contributed by atoms with Crippen LogP contribution in [0.25, 0.3) is 0 Å². The summed E-state index contributed by atoms with van der Waals surface area (Å²) >= 11 is 6.31. The zero-order valence-corrected chi connectivity index (χ0v) is 21.9. The summed E-state index contributed by atoms with van der Waals surface area (Å²) in [6.45, 7) is 7.12. The highest BCUT2D eigenvalue weighted by atomic mass is 35.5. The molecule has 3 amide bonds. The molecule has 0 aliphatic rings. The van der Waals surface area contributed by atoms with Gasteiger partial charge in [-0.25, -0.2) is 4.79 Å². The number of benzene rings is 2. The summed E-state index contributed by atoms with van der Waals surface area (Å²) in [7, 11) is 0. The Hall–Kier alpha value is -3.14. The second-order valence-corrected chi connectivity index (χ2v) is 9.72. The quantitative estimate of drug-likeness (QED) is 0.402. The Morgan fingerprint density at radius 2 is 1.67 bits per heavy atom. The first-order valence-electron chi connectivity index (χ1n) is 11.5. The fraction of sp³-hybridized carbons (Fsp3) is 0.423. The van der Waals surface area contributed by atoms with E-state index in [0.717, 1.165) is 16.0 Å². The monoisotopic (exact) mass is 519 g/mol. The van der Waals surface area contributed by atoms with E-state index in [4.69, 9.17) is 16.3 Å². The first-order chi connectivity index (χ1) is 16.9. The lowest BCUT2D eigenvalue weighted by atomic mass is 9.98. The third-order valence-corrected chi connectivity index (χ3v) is 5.62. The van der Waals surface area contributed by atoms with E-state index >= 15 is 0 Å². The number of hydrogen-bond acceptors (Lipinski definition) is 6. The van der Waals surface area contributed by atoms with Crippen molar-refractivity contribution in [3.05, 3.63) is 64.2 Å². The summed E-state index contributed by atoms with van der Waals surface area (Å²) in [5.74, 6) is -1.34. The maximum absolute atomic E-state index is 13.7. The molecule has 4 N–H and O–H groups in total. The van der Waals surface area contributed by atoms with Gasteiger partial charge < -0.3 is 30.5 Å². The summed E-state index contributed by atoms with van der Waals surface area (Å²) < 4.78 is 5.20. The molecule has 9 nitrogen and oxygen atoms in total. The van der Waals surface area contributed by atoms with Gasteiger partial charge in [0.2, 0.25) is 5.91 Å². The number of aliphatic hydroxyl groups excluding tert-OH is 2. The third kappa shape index (κ3) is 7.68. The Kier molecular flexibility index (Phi) is 10.3. The van der Waals surface area contributed by atoms with Crippen LogP contribution in [0.3, 0.4) is 0 Å². The first-order valence-corrected chi connectivity index (χ1v) is 11.9. The van der Waals surface area contributed by atoms with Gasteiger partial charge in [-0.3, -0.25) is 9.59 Å². The summed E-state index contributed by atoms with van der Waals surface area (Å²) in [6, 6.07) is 9.58. The van der Waals surface area contributed by atoms with Gasteiger partial charge in [-0.1, -0.05) is 48.0 Å². The van der Waals surface area contributed by atoms with Crippen LogP contribution in [0.1, 0.15) is 43.5 Å². The number of hydrogen-bond donors (Lipinski definition) is 4. The topological polar surface area (TPSA) is 128 Å². The van der Waals surface area contributed by atoms with Crippen LogP contribution in [0.4, 0.5) is 10.5 Å². The number of anilines is 1. The van der Waals surface area contributed by atoms with Gasteiger partial charge in [0, 0.05) is 6.54 Å². The molecule has 196 valence electrons. The molecule has 0 saturated heterocycles. The van der Waals surface area contributed by atoms with Crippen molar-refractivity contribution in [2.45, 2.75) is 52.3 Å². The molecule has 2 aromatic carbocycles. The second-order valence-electron chi connectivity index (χ2n) is 9.32. The van der Waals surface area contributed by atoms with Gasteiger partial charge in [-0.05, 0) is 57.4 Å². The smallest absolute Gasteiger partial charge is 0.408 e. The van der Waals surface area contributed by atoms with Crippen molar-refractivity contribution in [1.82, 2.24) is 10.2 Å². The summed E-state index contributed by atoms with van der Waals surface area (Å²) in [6.07, 6.45) is -0.901. The molecule has 36 heavy (non-hydrogen) atoms. The minimum atomic E-state index is -1.41. The van der Waals surface area contributed by atoms with Crippen molar-refractivity contribution < 1.29 is 29.3 Å². The number of para-hydroxylation sites is 1. The van der Waals surface area contributed by atoms with Crippen molar-refractivity contribution in [2.24, 2.45) is 0 Å². The number of halogens is 1. The number of alkyl carbamates (subject to hydrolysis) is 1. The van der Waals surface area contributed by atoms with E-state index < -0.39 is 48.8 Å². The largest absolute Gasteiger partial charge is 0.444 e. The van der Waals surface area contributed by atoms with Crippen molar-refractivity contribution in [1.29, 1.82) is 0 Å². The van der Waals surface area contributed by atoms with E-state index in [0.29, 0.717) is 16.3 Å². The number of nitrogens with one attached hydrogen (secondary N) is 2. The molecule has 0 spiro atoms. The van der Waals surface area contributed by atoms with Crippen LogP contribution in [-0.2, 0) is 14.3 Å². The van der Waals surface area contributed by atoms with Crippen LogP contribution in [0, 0.1) is 13.8 Å². The minimum Gasteiger partial charge on any atom is -0.444 e. The van der Waals surface area contributed by atoms with E-state index in [9.17, 15) is 24.6 Å². The molecule has 0 bridgehead atoms. The average Bonchev–Trinajstić information content (AvgIpc) is 2.79. The van der Waals surface area contributed by atoms with Crippen molar-refractivity contribution in [2.75, 3.05) is 25.1 Å². The van der Waals surface area contributed by atoms with Crippen LogP contribution in [0.15, 0.2) is 42.5 Å². The Balaban J connectivity index is 2.49. The van der Waals surface area contributed by atoms with Crippen molar-refractivity contribution in [3.63, 3.8) is 0 Å². The third-order valence-electron chi connectivity index (χ3n) is 5.31. The number of aliphatic hydroxyl groups is 2. The van der Waals surface area contributed by atoms with Crippen LogP contribution >= 0.6 is 11.6 Å². The molecule has 0 aliphatic heterocycles. The Labute approximate surface area is 216 Å². The van der Waals surface area contributed by atoms with Crippen molar-refractivity contribution in [3.8, 4) is 0 Å². The fourth-order valence-electron chi connectivity index (χ4n) is 3.64. The zero-order chi connectivity index (χ0) is 27.0.